The summed E-state index contributed by atoms with van der Waals surface area (Å²) in [6.07, 6.45) is 12.2. The van der Waals surface area contributed by atoms with Crippen LogP contribution in [-0.4, -0.2) is 244 Å². The lowest BCUT2D eigenvalue weighted by molar-refractivity contribution is -0.950. The predicted molar refractivity (Wildman–Crippen MR) is 378 cm³/mol. The highest BCUT2D eigenvalue weighted by molar-refractivity contribution is 5.91. The molecule has 6 aliphatic heterocycles. The van der Waals surface area contributed by atoms with E-state index >= 15 is 0 Å². The number of carboxylic acid groups (broad SMARTS) is 6. The number of likely N-dealkylation sites (tertiary alicyclic amines) is 3. The number of carbonyl (C=O) groups is 7. The second kappa shape index (κ2) is 25.1. The Morgan fingerprint density at radius 3 is 1.19 bits per heavy atom. The summed E-state index contributed by atoms with van der Waals surface area (Å²) in [5.74, 6) is -2.36. The number of Topliss-reactive ketones (excluding diaryl/α,β-unsaturated/α-hetero) is 1. The molecule has 6 saturated carbocycles. The van der Waals surface area contributed by atoms with Crippen molar-refractivity contribution in [3.63, 3.8) is 0 Å². The molecule has 6 bridgehead atoms. The van der Waals surface area contributed by atoms with Gasteiger partial charge in [-0.25, -0.2) is 14.4 Å². The van der Waals surface area contributed by atoms with Crippen molar-refractivity contribution in [1.82, 2.24) is 0 Å². The molecule has 26 nitrogen and oxygen atoms in total. The number of carboxylic acids is 6. The number of aliphatic hydroxyl groups is 4. The normalized spacial score (nSPS) is 38.6. The second-order valence-corrected chi connectivity index (χ2v) is 35.6. The third-order valence-electron chi connectivity index (χ3n) is 29.4. The Morgan fingerprint density at radius 1 is 0.467 bits per heavy atom. The number of carbonyl (C=O) groups excluding carboxylic acids is 1. The Morgan fingerprint density at radius 2 is 0.810 bits per heavy atom. The molecule has 0 amide bonds. The van der Waals surface area contributed by atoms with Gasteiger partial charge in [0.2, 0.25) is 0 Å². The van der Waals surface area contributed by atoms with Gasteiger partial charge in [-0.05, 0) is 131 Å². The minimum Gasteiger partial charge on any atom is -0.487 e. The van der Waals surface area contributed by atoms with Crippen LogP contribution in [0.1, 0.15) is 175 Å². The van der Waals surface area contributed by atoms with E-state index in [9.17, 15) is 69.3 Å². The van der Waals surface area contributed by atoms with E-state index in [0.717, 1.165) is 124 Å². The molecule has 3 aromatic carbocycles. The number of quaternary nitrogens is 3. The van der Waals surface area contributed by atoms with Crippen molar-refractivity contribution in [3.8, 4) is 17.2 Å². The molecule has 6 heterocycles. The van der Waals surface area contributed by atoms with Gasteiger partial charge in [-0.15, -0.1) is 0 Å². The molecule has 0 radical (unpaired) electrons. The van der Waals surface area contributed by atoms with Crippen LogP contribution in [0.3, 0.4) is 0 Å². The Hall–Kier alpha value is -7.33. The van der Waals surface area contributed by atoms with Gasteiger partial charge < -0.3 is 94.7 Å². The number of hydrogen-bond acceptors (Lipinski definition) is 17. The molecular formula is C79H105N6O20+3. The van der Waals surface area contributed by atoms with Gasteiger partial charge in [0.25, 0.3) is 0 Å². The van der Waals surface area contributed by atoms with Crippen molar-refractivity contribution in [3.05, 3.63) is 69.8 Å². The number of nitrogens with one attached hydrogen (secondary N) is 3. The molecule has 0 aromatic heterocycles. The fraction of sp³-hybridized carbons (Fsp3) is 0.684. The lowest BCUT2D eigenvalue weighted by atomic mass is 9.47. The molecule has 13 N–H and O–H groups in total. The number of aliphatic hydroxyl groups excluding tert-OH is 1. The van der Waals surface area contributed by atoms with Crippen LogP contribution in [0.2, 0.25) is 0 Å². The first kappa shape index (κ1) is 71.9. The fourth-order valence-corrected chi connectivity index (χ4v) is 24.0. The van der Waals surface area contributed by atoms with E-state index in [1.165, 1.54) is 44.1 Å². The van der Waals surface area contributed by atoms with Gasteiger partial charge in [-0.1, -0.05) is 25.1 Å². The van der Waals surface area contributed by atoms with Crippen LogP contribution >= 0.6 is 0 Å². The quantitative estimate of drug-likeness (QED) is 0.0461. The number of hydrogen-bond donors (Lipinski definition) is 13. The molecule has 18 rings (SSSR count). The van der Waals surface area contributed by atoms with Gasteiger partial charge >= 0.3 is 35.8 Å². The van der Waals surface area contributed by atoms with Crippen molar-refractivity contribution in [2.75, 3.05) is 76.4 Å². The number of anilines is 3. The summed E-state index contributed by atoms with van der Waals surface area (Å²) in [6, 6.07) is 8.48. The number of rotatable bonds is 24. The monoisotopic (exact) mass is 1460 g/mol. The molecular weight excluding hydrogens is 1350 g/mol. The van der Waals surface area contributed by atoms with Crippen LogP contribution in [0.15, 0.2) is 36.4 Å². The largest absolute Gasteiger partial charge is 0.487 e. The molecule has 9 fully saturated rings. The molecule has 3 unspecified atom stereocenters. The predicted octanol–water partition coefficient (Wildman–Crippen LogP) is 5.94. The number of likely N-dealkylation sites (N-methyl/N-ethyl adjacent to an activating group) is 3. The van der Waals surface area contributed by atoms with Crippen LogP contribution in [0.25, 0.3) is 0 Å². The molecule has 3 aromatic rings. The first-order chi connectivity index (χ1) is 49.8. The number of piperidine rings is 3. The SMILES string of the molecule is C[C@H]1CC[C@@]2(O)[C@H]3Cc4ccc(N[C@@H](CCC(=O)O)C(=O)O)c5c4[C@@]2(CC[N+]3(C)CC2CC2)[C@H]1O5.C[N+]1(CC2CC2)CC[C@]23c4c5ccc(N[C@@H](CCC(=O)O)C(=O)O)c4O[C@H]2C(=O)CC[C@@]3(O)[C@H]1C5.C[N+]1(CC2CC2)CC[C@]23c4c5ccc(N[C@@H](CCC(=O)O)C(=O)O)c4O[C@H]2[C@H](O)CC[C@@]3(O)[C@H]1C5. The summed E-state index contributed by atoms with van der Waals surface area (Å²) in [6.45, 7) is 8.25. The van der Waals surface area contributed by atoms with Crippen LogP contribution in [0, 0.1) is 23.7 Å². The molecule has 20 atom stereocenters. The first-order valence-corrected chi connectivity index (χ1v) is 38.8. The summed E-state index contributed by atoms with van der Waals surface area (Å²) in [4.78, 5) is 81.9. The maximum atomic E-state index is 13.2. The van der Waals surface area contributed by atoms with Crippen molar-refractivity contribution >= 4 is 58.7 Å². The number of nitrogens with zero attached hydrogens (tertiary/aromatic N) is 3. The van der Waals surface area contributed by atoms with E-state index in [-0.39, 0.29) is 80.9 Å². The van der Waals surface area contributed by atoms with Crippen LogP contribution in [0.5, 0.6) is 17.2 Å². The van der Waals surface area contributed by atoms with E-state index < -0.39 is 105 Å². The van der Waals surface area contributed by atoms with Crippen molar-refractivity contribution < 1.29 is 112 Å². The van der Waals surface area contributed by atoms with Crippen molar-refractivity contribution in [2.45, 2.75) is 255 Å². The zero-order valence-electron chi connectivity index (χ0n) is 60.7. The molecule has 105 heavy (non-hydrogen) atoms. The molecule has 15 aliphatic rings. The Labute approximate surface area is 610 Å². The Bertz CT molecular complexity index is 3960. The number of ether oxygens (including phenoxy) is 3. The molecule has 568 valence electrons. The van der Waals surface area contributed by atoms with Gasteiger partial charge in [0.1, 0.15) is 82.5 Å². The lowest BCUT2D eigenvalue weighted by Crippen LogP contribution is -2.81. The summed E-state index contributed by atoms with van der Waals surface area (Å²) in [5, 5.41) is 114. The van der Waals surface area contributed by atoms with E-state index in [4.69, 9.17) is 29.5 Å². The van der Waals surface area contributed by atoms with Gasteiger partial charge in [0.05, 0.1) is 99.8 Å². The smallest absolute Gasteiger partial charge is 0.326 e. The highest BCUT2D eigenvalue weighted by atomic mass is 16.5. The van der Waals surface area contributed by atoms with Crippen LogP contribution < -0.4 is 30.2 Å². The van der Waals surface area contributed by atoms with Crippen LogP contribution in [-0.2, 0) is 69.1 Å². The highest BCUT2D eigenvalue weighted by Crippen LogP contribution is 2.70. The van der Waals surface area contributed by atoms with Crippen molar-refractivity contribution in [2.24, 2.45) is 23.7 Å². The van der Waals surface area contributed by atoms with Gasteiger partial charge in [-0.3, -0.25) is 19.2 Å². The van der Waals surface area contributed by atoms with E-state index in [0.29, 0.717) is 78.8 Å². The Balaban J connectivity index is 0.000000121. The first-order valence-electron chi connectivity index (χ1n) is 38.8. The van der Waals surface area contributed by atoms with Gasteiger partial charge in [-0.2, -0.15) is 0 Å². The molecule has 3 spiro atoms. The summed E-state index contributed by atoms with van der Waals surface area (Å²) < 4.78 is 22.1. The highest BCUT2D eigenvalue weighted by Gasteiger charge is 2.80. The topological polar surface area (TPSA) is 386 Å². The number of ketones is 1. The third-order valence-corrected chi connectivity index (χ3v) is 29.4. The van der Waals surface area contributed by atoms with E-state index in [2.05, 4.69) is 50.1 Å². The molecule has 26 heteroatoms. The zero-order valence-corrected chi connectivity index (χ0v) is 60.7. The summed E-state index contributed by atoms with van der Waals surface area (Å²) >= 11 is 0. The van der Waals surface area contributed by atoms with Gasteiger partial charge in [0.15, 0.2) is 11.9 Å². The average molecular weight is 1460 g/mol. The number of benzene rings is 3. The number of aliphatic carboxylic acids is 6. The molecule has 3 saturated heterocycles. The minimum absolute atomic E-state index is 0.0117. The second-order valence-electron chi connectivity index (χ2n) is 35.6. The molecule has 9 aliphatic carbocycles. The zero-order chi connectivity index (χ0) is 74.3. The maximum Gasteiger partial charge on any atom is 0.326 e. The van der Waals surface area contributed by atoms with Crippen LogP contribution in [0.4, 0.5) is 17.1 Å². The van der Waals surface area contributed by atoms with Gasteiger partial charge in [0, 0.05) is 98.7 Å². The maximum absolute atomic E-state index is 13.2. The third kappa shape index (κ3) is 11.0. The average Bonchev–Trinajstić information content (AvgIpc) is 1.54. The van der Waals surface area contributed by atoms with Crippen molar-refractivity contribution in [1.29, 1.82) is 0 Å². The summed E-state index contributed by atoms with van der Waals surface area (Å²) in [5.41, 5.74) is 2.82. The summed E-state index contributed by atoms with van der Waals surface area (Å²) in [7, 11) is 6.89. The van der Waals surface area contributed by atoms with E-state index in [1.807, 2.05) is 24.3 Å². The minimum atomic E-state index is -1.15. The van der Waals surface area contributed by atoms with E-state index in [1.54, 1.807) is 6.07 Å². The fourth-order valence-electron chi connectivity index (χ4n) is 24.0. The standard InChI is InChI=1S/C27H36N2O6.C26H34N2O7.C26H32N2O7/c1-15-9-10-27(34)20-13-17-5-6-18(28-19(25(32)33)7-8-21(30)31)23-22(17)26(27,24(15)35-23)11-12-29(20,2)14-16-3-4-16;2*1-28(13-14-2-3-14)11-10-25-21-15-4-5-16(27-17(24(32)33)6-7-20(30)31)22(21)35-23(25)18(29)8-9-26(25,34)19(28)12-15/h5-6,15-16,19-20,24,28,34H,3-4,7-14H2,1-2H3,(H-,30,31,32,33);4-5,14,17-19,23,27,29,34H,2-3,6-13H2,1H3,(H-,30,31,32,33);4-5,14,17,19,23,27,34H,2-3,6-13H2,1H3,(H-,30,31,32,33)/p+3/t15-,19-,20+,24-,26-,27+,29?;17-,18+,19+,23-,25-,26+,28?;17-,19+,23-,25-,26+,28?/m000/s1. The lowest BCUT2D eigenvalue weighted by Gasteiger charge is -2.65. The Kier molecular flexibility index (Phi) is 17.2.